The number of nitro benzene ring substituents is 1. The van der Waals surface area contributed by atoms with Crippen LogP contribution in [-0.2, 0) is 0 Å². The number of nitrogens with zero attached hydrogens (tertiary/aromatic N) is 1. The van der Waals surface area contributed by atoms with Crippen LogP contribution in [0.4, 0.5) is 5.69 Å². The molecule has 0 heterocycles. The molecule has 0 atom stereocenters. The summed E-state index contributed by atoms with van der Waals surface area (Å²) in [6, 6.07) is 2.80. The van der Waals surface area contributed by atoms with E-state index < -0.39 is 4.92 Å². The standard InChI is InChI=1S/C10H9BrClNO3S/c11-8-5-7(12)6-9(13(14)15)10(8)16-3-1-2-4-17/h1-2,5-6,17H,3-4H2. The van der Waals surface area contributed by atoms with Gasteiger partial charge in [-0.3, -0.25) is 10.1 Å². The van der Waals surface area contributed by atoms with Gasteiger partial charge in [0.05, 0.1) is 9.40 Å². The molecule has 0 saturated heterocycles. The summed E-state index contributed by atoms with van der Waals surface area (Å²) in [4.78, 5) is 10.3. The van der Waals surface area contributed by atoms with E-state index in [0.29, 0.717) is 10.2 Å². The van der Waals surface area contributed by atoms with E-state index in [1.165, 1.54) is 6.07 Å². The molecular formula is C10H9BrClNO3S. The Balaban J connectivity index is 2.96. The van der Waals surface area contributed by atoms with Gasteiger partial charge in [0.25, 0.3) is 0 Å². The molecule has 0 fully saturated rings. The van der Waals surface area contributed by atoms with Crippen LogP contribution in [0.25, 0.3) is 0 Å². The lowest BCUT2D eigenvalue weighted by Gasteiger charge is -2.07. The molecule has 17 heavy (non-hydrogen) atoms. The Labute approximate surface area is 117 Å². The van der Waals surface area contributed by atoms with Crippen molar-refractivity contribution in [2.45, 2.75) is 0 Å². The maximum absolute atomic E-state index is 10.8. The Morgan fingerprint density at radius 1 is 1.53 bits per heavy atom. The van der Waals surface area contributed by atoms with Gasteiger partial charge < -0.3 is 4.74 Å². The van der Waals surface area contributed by atoms with Crippen molar-refractivity contribution in [2.24, 2.45) is 0 Å². The Morgan fingerprint density at radius 3 is 2.82 bits per heavy atom. The summed E-state index contributed by atoms with van der Waals surface area (Å²) in [5.74, 6) is 0.760. The first-order chi connectivity index (χ1) is 8.06. The summed E-state index contributed by atoms with van der Waals surface area (Å²) in [5, 5.41) is 11.1. The van der Waals surface area contributed by atoms with E-state index in [2.05, 4.69) is 28.6 Å². The van der Waals surface area contributed by atoms with Crippen LogP contribution in [0.2, 0.25) is 5.02 Å². The van der Waals surface area contributed by atoms with Crippen molar-refractivity contribution in [3.8, 4) is 5.75 Å². The quantitative estimate of drug-likeness (QED) is 0.384. The molecule has 0 saturated carbocycles. The van der Waals surface area contributed by atoms with Crippen molar-refractivity contribution in [2.75, 3.05) is 12.4 Å². The maximum atomic E-state index is 10.8. The summed E-state index contributed by atoms with van der Waals surface area (Å²) >= 11 is 12.9. The fourth-order valence-corrected chi connectivity index (χ4v) is 2.16. The van der Waals surface area contributed by atoms with E-state index in [1.807, 2.05) is 0 Å². The van der Waals surface area contributed by atoms with E-state index in [0.717, 1.165) is 0 Å². The van der Waals surface area contributed by atoms with Crippen LogP contribution in [0, 0.1) is 10.1 Å². The van der Waals surface area contributed by atoms with Crippen LogP contribution in [0.15, 0.2) is 28.8 Å². The fraction of sp³-hybridized carbons (Fsp3) is 0.200. The van der Waals surface area contributed by atoms with Gasteiger partial charge in [0, 0.05) is 16.8 Å². The molecule has 1 rings (SSSR count). The smallest absolute Gasteiger partial charge is 0.313 e. The van der Waals surface area contributed by atoms with Crippen LogP contribution in [0.5, 0.6) is 5.75 Å². The lowest BCUT2D eigenvalue weighted by atomic mass is 10.3. The number of rotatable bonds is 5. The number of hydrogen-bond acceptors (Lipinski definition) is 4. The third-order valence-corrected chi connectivity index (χ3v) is 2.80. The molecule has 1 aromatic carbocycles. The fourth-order valence-electron chi connectivity index (χ4n) is 1.10. The number of nitro groups is 1. The molecular weight excluding hydrogens is 330 g/mol. The van der Waals surface area contributed by atoms with E-state index in [9.17, 15) is 10.1 Å². The highest BCUT2D eigenvalue weighted by molar-refractivity contribution is 9.10. The Hall–Kier alpha value is -0.720. The molecule has 0 unspecified atom stereocenters. The van der Waals surface area contributed by atoms with Crippen molar-refractivity contribution in [1.29, 1.82) is 0 Å². The third kappa shape index (κ3) is 4.22. The molecule has 1 aromatic rings. The van der Waals surface area contributed by atoms with Gasteiger partial charge in [0.2, 0.25) is 5.75 Å². The highest BCUT2D eigenvalue weighted by Gasteiger charge is 2.19. The Bertz CT molecular complexity index is 453. The Morgan fingerprint density at radius 2 is 2.24 bits per heavy atom. The topological polar surface area (TPSA) is 52.4 Å². The highest BCUT2D eigenvalue weighted by Crippen LogP contribution is 2.37. The molecule has 0 amide bonds. The number of thiol groups is 1. The van der Waals surface area contributed by atoms with Crippen molar-refractivity contribution >= 4 is 45.8 Å². The predicted octanol–water partition coefficient (Wildman–Crippen LogP) is 3.88. The summed E-state index contributed by atoms with van der Waals surface area (Å²) in [6.45, 7) is 0.238. The van der Waals surface area contributed by atoms with Crippen molar-refractivity contribution in [3.05, 3.63) is 43.9 Å². The minimum atomic E-state index is -0.533. The molecule has 0 aromatic heterocycles. The second-order valence-electron chi connectivity index (χ2n) is 2.96. The first kappa shape index (κ1) is 14.3. The molecule has 0 aliphatic heterocycles. The second kappa shape index (κ2) is 6.88. The van der Waals surface area contributed by atoms with Gasteiger partial charge >= 0.3 is 5.69 Å². The average molecular weight is 339 g/mol. The highest BCUT2D eigenvalue weighted by atomic mass is 79.9. The van der Waals surface area contributed by atoms with Crippen molar-refractivity contribution in [1.82, 2.24) is 0 Å². The van der Waals surface area contributed by atoms with Crippen LogP contribution in [0.3, 0.4) is 0 Å². The SMILES string of the molecule is O=[N+]([O-])c1cc(Cl)cc(Br)c1OCC=CCS. The minimum Gasteiger partial charge on any atom is -0.482 e. The van der Waals surface area contributed by atoms with Crippen molar-refractivity contribution in [3.63, 3.8) is 0 Å². The zero-order chi connectivity index (χ0) is 12.8. The van der Waals surface area contributed by atoms with Crippen LogP contribution in [-0.4, -0.2) is 17.3 Å². The normalized spacial score (nSPS) is 10.8. The third-order valence-electron chi connectivity index (χ3n) is 1.78. The zero-order valence-corrected chi connectivity index (χ0v) is 11.8. The summed E-state index contributed by atoms with van der Waals surface area (Å²) < 4.78 is 5.77. The first-order valence-electron chi connectivity index (χ1n) is 4.58. The summed E-state index contributed by atoms with van der Waals surface area (Å²) in [5.41, 5.74) is -0.163. The minimum absolute atomic E-state index is 0.163. The molecule has 4 nitrogen and oxygen atoms in total. The van der Waals surface area contributed by atoms with E-state index in [-0.39, 0.29) is 23.1 Å². The van der Waals surface area contributed by atoms with Crippen LogP contribution >= 0.6 is 40.2 Å². The van der Waals surface area contributed by atoms with E-state index in [1.54, 1.807) is 18.2 Å². The molecule has 0 radical (unpaired) electrons. The van der Waals surface area contributed by atoms with Gasteiger partial charge in [-0.2, -0.15) is 12.6 Å². The Kier molecular flexibility index (Phi) is 5.80. The molecule has 0 N–H and O–H groups in total. The van der Waals surface area contributed by atoms with Gasteiger partial charge in [0.15, 0.2) is 0 Å². The number of benzene rings is 1. The number of halogens is 2. The summed E-state index contributed by atoms with van der Waals surface area (Å²) in [7, 11) is 0. The molecule has 0 aliphatic carbocycles. The predicted molar refractivity (Wildman–Crippen MR) is 74.3 cm³/mol. The van der Waals surface area contributed by atoms with Gasteiger partial charge in [-0.15, -0.1) is 0 Å². The maximum Gasteiger partial charge on any atom is 0.313 e. The number of ether oxygens (including phenoxy) is 1. The average Bonchev–Trinajstić information content (AvgIpc) is 2.25. The van der Waals surface area contributed by atoms with Crippen LogP contribution in [0.1, 0.15) is 0 Å². The van der Waals surface area contributed by atoms with Gasteiger partial charge in [-0.1, -0.05) is 23.8 Å². The van der Waals surface area contributed by atoms with Gasteiger partial charge in [-0.05, 0) is 22.0 Å². The zero-order valence-electron chi connectivity index (χ0n) is 8.60. The molecule has 0 spiro atoms. The summed E-state index contributed by atoms with van der Waals surface area (Å²) in [6.07, 6.45) is 3.52. The van der Waals surface area contributed by atoms with Crippen LogP contribution < -0.4 is 4.74 Å². The van der Waals surface area contributed by atoms with E-state index in [4.69, 9.17) is 16.3 Å². The largest absolute Gasteiger partial charge is 0.482 e. The van der Waals surface area contributed by atoms with Crippen molar-refractivity contribution < 1.29 is 9.66 Å². The van der Waals surface area contributed by atoms with Gasteiger partial charge in [0.1, 0.15) is 6.61 Å². The van der Waals surface area contributed by atoms with E-state index >= 15 is 0 Å². The monoisotopic (exact) mass is 337 g/mol. The van der Waals surface area contributed by atoms with Gasteiger partial charge in [-0.25, -0.2) is 0 Å². The molecule has 0 aliphatic rings. The molecule has 92 valence electrons. The molecule has 0 bridgehead atoms. The lowest BCUT2D eigenvalue weighted by molar-refractivity contribution is -0.385. The first-order valence-corrected chi connectivity index (χ1v) is 6.38. The second-order valence-corrected chi connectivity index (χ2v) is 4.61. The molecule has 7 heteroatoms. The lowest BCUT2D eigenvalue weighted by Crippen LogP contribution is -1.99. The number of hydrogen-bond donors (Lipinski definition) is 1.